The Kier molecular flexibility index (Phi) is 7.64. The molecule has 1 amide bonds. The summed E-state index contributed by atoms with van der Waals surface area (Å²) < 4.78 is 27.9. The fraction of sp³-hybridized carbons (Fsp3) is 0.174. The number of thioether (sulfide) groups is 1. The normalized spacial score (nSPS) is 12.2. The average molecular weight is 475 g/mol. The molecule has 0 bridgehead atoms. The van der Waals surface area contributed by atoms with Crippen molar-refractivity contribution in [3.63, 3.8) is 0 Å². The lowest BCUT2D eigenvalue weighted by molar-refractivity contribution is -0.115. The summed E-state index contributed by atoms with van der Waals surface area (Å²) in [6.07, 6.45) is 0. The van der Waals surface area contributed by atoms with E-state index in [0.29, 0.717) is 22.0 Å². The quantitative estimate of drug-likeness (QED) is 0.438. The number of nitrogens with one attached hydrogen (secondary N) is 2. The third-order valence-corrected chi connectivity index (χ3v) is 7.66. The van der Waals surface area contributed by atoms with Crippen molar-refractivity contribution in [1.29, 1.82) is 0 Å². The number of hydrogen-bond donors (Lipinski definition) is 2. The molecule has 2 N–H and O–H groups in total. The molecule has 0 aliphatic heterocycles. The summed E-state index contributed by atoms with van der Waals surface area (Å²) in [6.45, 7) is 3.59. The average Bonchev–Trinajstić information content (AvgIpc) is 2.76. The van der Waals surface area contributed by atoms with Crippen molar-refractivity contribution < 1.29 is 13.2 Å². The number of hydrogen-bond acceptors (Lipinski definition) is 4. The highest BCUT2D eigenvalue weighted by Crippen LogP contribution is 2.26. The van der Waals surface area contributed by atoms with Crippen LogP contribution in [0, 0.1) is 6.92 Å². The van der Waals surface area contributed by atoms with Crippen molar-refractivity contribution in [1.82, 2.24) is 0 Å². The molecule has 31 heavy (non-hydrogen) atoms. The summed E-state index contributed by atoms with van der Waals surface area (Å²) >= 11 is 7.60. The van der Waals surface area contributed by atoms with Gasteiger partial charge in [-0.05, 0) is 61.4 Å². The lowest BCUT2D eigenvalue weighted by Crippen LogP contribution is -2.22. The van der Waals surface area contributed by atoms with Gasteiger partial charge in [0.25, 0.3) is 10.0 Å². The Morgan fingerprint density at radius 3 is 2.35 bits per heavy atom. The molecule has 0 saturated carbocycles. The van der Waals surface area contributed by atoms with Gasteiger partial charge in [-0.2, -0.15) is 0 Å². The van der Waals surface area contributed by atoms with Gasteiger partial charge in [-0.1, -0.05) is 48.0 Å². The summed E-state index contributed by atoms with van der Waals surface area (Å²) in [5, 5.41) is 3.06. The van der Waals surface area contributed by atoms with Gasteiger partial charge in [0.2, 0.25) is 5.91 Å². The number of anilines is 2. The van der Waals surface area contributed by atoms with E-state index >= 15 is 0 Å². The zero-order chi connectivity index (χ0) is 22.4. The van der Waals surface area contributed by atoms with E-state index in [0.717, 1.165) is 11.3 Å². The van der Waals surface area contributed by atoms with E-state index in [1.165, 1.54) is 23.9 Å². The SMILES string of the molecule is Cc1c(Cl)cccc1NS(=O)(=O)c1ccc(NC(=O)[C@H](C)SCc2ccccc2)cc1. The topological polar surface area (TPSA) is 75.3 Å². The molecule has 0 heterocycles. The molecule has 0 aliphatic rings. The molecule has 3 aromatic rings. The Bertz CT molecular complexity index is 1150. The van der Waals surface area contributed by atoms with Crippen molar-refractivity contribution in [3.8, 4) is 0 Å². The van der Waals surface area contributed by atoms with Gasteiger partial charge >= 0.3 is 0 Å². The lowest BCUT2D eigenvalue weighted by atomic mass is 10.2. The molecule has 162 valence electrons. The van der Waals surface area contributed by atoms with Crippen molar-refractivity contribution >= 4 is 50.7 Å². The summed E-state index contributed by atoms with van der Waals surface area (Å²) in [4.78, 5) is 12.5. The number of rotatable bonds is 8. The number of benzene rings is 3. The van der Waals surface area contributed by atoms with Crippen LogP contribution in [0.25, 0.3) is 0 Å². The van der Waals surface area contributed by atoms with E-state index in [1.807, 2.05) is 37.3 Å². The van der Waals surface area contributed by atoms with Crippen LogP contribution in [0.4, 0.5) is 11.4 Å². The third kappa shape index (κ3) is 6.26. The Hall–Kier alpha value is -2.48. The maximum Gasteiger partial charge on any atom is 0.261 e. The molecule has 0 aromatic heterocycles. The van der Waals surface area contributed by atoms with E-state index in [4.69, 9.17) is 11.6 Å². The Morgan fingerprint density at radius 2 is 1.68 bits per heavy atom. The van der Waals surface area contributed by atoms with E-state index < -0.39 is 10.0 Å². The van der Waals surface area contributed by atoms with Crippen LogP contribution in [0.3, 0.4) is 0 Å². The van der Waals surface area contributed by atoms with Gasteiger partial charge < -0.3 is 5.32 Å². The van der Waals surface area contributed by atoms with E-state index in [9.17, 15) is 13.2 Å². The summed E-state index contributed by atoms with van der Waals surface area (Å²) in [5.74, 6) is 0.602. The van der Waals surface area contributed by atoms with Gasteiger partial charge in [-0.15, -0.1) is 11.8 Å². The standard InChI is InChI=1S/C23H23ClN2O3S2/c1-16-21(24)9-6-10-22(16)26-31(28,29)20-13-11-19(12-14-20)25-23(27)17(2)30-15-18-7-4-3-5-8-18/h3-14,17,26H,15H2,1-2H3,(H,25,27)/t17-/m0/s1. The molecule has 0 spiro atoms. The number of carbonyl (C=O) groups excluding carboxylic acids is 1. The van der Waals surface area contributed by atoms with Crippen LogP contribution >= 0.6 is 23.4 Å². The molecule has 0 radical (unpaired) electrons. The highest BCUT2D eigenvalue weighted by Gasteiger charge is 2.17. The van der Waals surface area contributed by atoms with E-state index in [-0.39, 0.29) is 16.1 Å². The largest absolute Gasteiger partial charge is 0.325 e. The van der Waals surface area contributed by atoms with Crippen molar-refractivity contribution in [3.05, 3.63) is 88.9 Å². The molecule has 3 rings (SSSR count). The fourth-order valence-corrected chi connectivity index (χ4v) is 4.90. The molecule has 0 saturated heterocycles. The molecule has 0 fully saturated rings. The van der Waals surface area contributed by atoms with Crippen LogP contribution in [0.2, 0.25) is 5.02 Å². The second-order valence-corrected chi connectivity index (χ2v) is 10.4. The fourth-order valence-electron chi connectivity index (χ4n) is 2.75. The predicted octanol–water partition coefficient (Wildman–Crippen LogP) is 5.71. The highest BCUT2D eigenvalue weighted by molar-refractivity contribution is 7.99. The molecule has 3 aromatic carbocycles. The van der Waals surface area contributed by atoms with Gasteiger partial charge in [0.05, 0.1) is 15.8 Å². The minimum absolute atomic E-state index is 0.0939. The minimum Gasteiger partial charge on any atom is -0.325 e. The van der Waals surface area contributed by atoms with Crippen LogP contribution in [0.5, 0.6) is 0 Å². The van der Waals surface area contributed by atoms with Crippen molar-refractivity contribution in [2.75, 3.05) is 10.0 Å². The maximum absolute atomic E-state index is 12.7. The van der Waals surface area contributed by atoms with Gasteiger partial charge in [0, 0.05) is 16.5 Å². The van der Waals surface area contributed by atoms with Gasteiger partial charge in [0.1, 0.15) is 0 Å². The van der Waals surface area contributed by atoms with Crippen LogP contribution in [-0.4, -0.2) is 19.6 Å². The first-order valence-corrected chi connectivity index (χ1v) is 12.5. The highest BCUT2D eigenvalue weighted by atomic mass is 35.5. The monoisotopic (exact) mass is 474 g/mol. The van der Waals surface area contributed by atoms with Crippen molar-refractivity contribution in [2.24, 2.45) is 0 Å². The second-order valence-electron chi connectivity index (χ2n) is 6.97. The third-order valence-electron chi connectivity index (χ3n) is 4.66. The minimum atomic E-state index is -3.78. The molecule has 5 nitrogen and oxygen atoms in total. The molecular formula is C23H23ClN2O3S2. The summed E-state index contributed by atoms with van der Waals surface area (Å²) in [6, 6.07) is 21.1. The summed E-state index contributed by atoms with van der Waals surface area (Å²) in [5.41, 5.74) is 2.77. The number of halogens is 1. The number of amides is 1. The zero-order valence-electron chi connectivity index (χ0n) is 17.1. The first-order valence-electron chi connectivity index (χ1n) is 9.60. The Labute approximate surface area is 192 Å². The Morgan fingerprint density at radius 1 is 1.00 bits per heavy atom. The lowest BCUT2D eigenvalue weighted by Gasteiger charge is -2.14. The van der Waals surface area contributed by atoms with Crippen LogP contribution in [0.15, 0.2) is 77.7 Å². The molecule has 8 heteroatoms. The van der Waals surface area contributed by atoms with Gasteiger partial charge in [-0.3, -0.25) is 9.52 Å². The summed E-state index contributed by atoms with van der Waals surface area (Å²) in [7, 11) is -3.78. The molecule has 0 aliphatic carbocycles. The Balaban J connectivity index is 1.61. The van der Waals surface area contributed by atoms with Crippen LogP contribution in [0.1, 0.15) is 18.1 Å². The van der Waals surface area contributed by atoms with E-state index in [2.05, 4.69) is 10.0 Å². The molecule has 0 unspecified atom stereocenters. The van der Waals surface area contributed by atoms with Gasteiger partial charge in [-0.25, -0.2) is 8.42 Å². The van der Waals surface area contributed by atoms with Crippen molar-refractivity contribution in [2.45, 2.75) is 29.7 Å². The predicted molar refractivity (Wildman–Crippen MR) is 129 cm³/mol. The first-order chi connectivity index (χ1) is 14.8. The molecule has 1 atom stereocenters. The van der Waals surface area contributed by atoms with E-state index in [1.54, 1.807) is 37.3 Å². The zero-order valence-corrected chi connectivity index (χ0v) is 19.5. The number of carbonyl (C=O) groups is 1. The maximum atomic E-state index is 12.7. The van der Waals surface area contributed by atoms with Gasteiger partial charge in [0.15, 0.2) is 0 Å². The smallest absolute Gasteiger partial charge is 0.261 e. The number of sulfonamides is 1. The van der Waals surface area contributed by atoms with Crippen LogP contribution in [-0.2, 0) is 20.6 Å². The second kappa shape index (κ2) is 10.2. The molecular weight excluding hydrogens is 452 g/mol. The van der Waals surface area contributed by atoms with Crippen LogP contribution < -0.4 is 10.0 Å². The first kappa shape index (κ1) is 23.2.